The second-order valence-corrected chi connectivity index (χ2v) is 8.76. The highest BCUT2D eigenvalue weighted by Gasteiger charge is 2.25. The number of sulfonamides is 1. The lowest BCUT2D eigenvalue weighted by atomic mass is 9.81. The van der Waals surface area contributed by atoms with Crippen LogP contribution in [-0.2, 0) is 15.4 Å². The van der Waals surface area contributed by atoms with Gasteiger partial charge in [0.15, 0.2) is 0 Å². The van der Waals surface area contributed by atoms with Gasteiger partial charge in [0.2, 0.25) is 10.0 Å². The lowest BCUT2D eigenvalue weighted by Crippen LogP contribution is -2.30. The van der Waals surface area contributed by atoms with Crippen LogP contribution in [0.25, 0.3) is 11.1 Å². The monoisotopic (exact) mass is 399 g/mol. The number of halogens is 2. The highest BCUT2D eigenvalue weighted by atomic mass is 35.5. The first-order valence-corrected chi connectivity index (χ1v) is 9.46. The van der Waals surface area contributed by atoms with Gasteiger partial charge in [0, 0.05) is 0 Å². The van der Waals surface area contributed by atoms with E-state index in [1.807, 2.05) is 26.2 Å². The molecule has 2 rings (SSSR count). The number of hydrogen-bond acceptors (Lipinski definition) is 4. The molecule has 0 unspecified atom stereocenters. The Hall–Kier alpha value is -2.00. The van der Waals surface area contributed by atoms with E-state index in [0.29, 0.717) is 11.1 Å². The zero-order valence-corrected chi connectivity index (χ0v) is 16.0. The van der Waals surface area contributed by atoms with Crippen molar-refractivity contribution >= 4 is 27.5 Å². The van der Waals surface area contributed by atoms with Gasteiger partial charge in [-0.2, -0.15) is 0 Å². The molecular formula is C17H19ClFN3O3S. The van der Waals surface area contributed by atoms with E-state index in [1.165, 1.54) is 12.1 Å². The Balaban J connectivity index is 2.94. The van der Waals surface area contributed by atoms with Crippen molar-refractivity contribution in [1.29, 1.82) is 0 Å². The summed E-state index contributed by atoms with van der Waals surface area (Å²) >= 11 is 5.80. The van der Waals surface area contributed by atoms with Gasteiger partial charge in [0.05, 0.1) is 15.5 Å². The third-order valence-corrected chi connectivity index (χ3v) is 5.05. The molecule has 1 amide bonds. The highest BCUT2D eigenvalue weighted by molar-refractivity contribution is 7.89. The molecule has 0 radical (unpaired) electrons. The van der Waals surface area contributed by atoms with E-state index in [1.54, 1.807) is 6.07 Å². The summed E-state index contributed by atoms with van der Waals surface area (Å²) < 4.78 is 37.7. The van der Waals surface area contributed by atoms with E-state index in [4.69, 9.17) is 22.6 Å². The predicted octanol–water partition coefficient (Wildman–Crippen LogP) is 2.69. The summed E-state index contributed by atoms with van der Waals surface area (Å²) in [6.07, 6.45) is 0. The van der Waals surface area contributed by atoms with Crippen molar-refractivity contribution in [2.75, 3.05) is 0 Å². The van der Waals surface area contributed by atoms with Gasteiger partial charge < -0.3 is 0 Å². The molecule has 0 bridgehead atoms. The molecule has 0 heterocycles. The molecule has 5 N–H and O–H groups in total. The van der Waals surface area contributed by atoms with Crippen LogP contribution in [0.15, 0.2) is 35.2 Å². The fourth-order valence-corrected chi connectivity index (χ4v) is 3.32. The number of carbonyl (C=O) groups excluding carboxylic acids is 1. The van der Waals surface area contributed by atoms with E-state index < -0.39 is 27.2 Å². The number of rotatable bonds is 3. The van der Waals surface area contributed by atoms with Crippen LogP contribution in [0.4, 0.5) is 4.39 Å². The standard InChI is InChI=1S/C17H19ClFN3O3S/c1-17(2,3)13-5-4-9(26(21,24)25)6-11(13)10-8-15(19)14(18)7-12(10)16(23)22-20/h4-8H,20H2,1-3H3,(H,22,23)(H2,21,24,25). The number of nitrogens with two attached hydrogens (primary N) is 2. The number of nitrogens with one attached hydrogen (secondary N) is 1. The summed E-state index contributed by atoms with van der Waals surface area (Å²) in [5, 5.41) is 4.96. The number of carbonyl (C=O) groups is 1. The molecule has 140 valence electrons. The summed E-state index contributed by atoms with van der Waals surface area (Å²) in [5.74, 6) is 3.76. The normalized spacial score (nSPS) is 12.1. The van der Waals surface area contributed by atoms with Crippen molar-refractivity contribution in [2.24, 2.45) is 11.0 Å². The zero-order valence-electron chi connectivity index (χ0n) is 14.4. The van der Waals surface area contributed by atoms with Gasteiger partial charge in [-0.15, -0.1) is 0 Å². The van der Waals surface area contributed by atoms with E-state index in [-0.39, 0.29) is 21.0 Å². The average Bonchev–Trinajstić information content (AvgIpc) is 2.54. The topological polar surface area (TPSA) is 115 Å². The minimum Gasteiger partial charge on any atom is -0.290 e. The molecule has 0 atom stereocenters. The SMILES string of the molecule is CC(C)(C)c1ccc(S(N)(=O)=O)cc1-c1cc(F)c(Cl)cc1C(=O)NN. The number of primary sulfonamides is 1. The molecule has 0 aliphatic carbocycles. The summed E-state index contributed by atoms with van der Waals surface area (Å²) in [6, 6.07) is 6.49. The van der Waals surface area contributed by atoms with Crippen LogP contribution in [-0.4, -0.2) is 14.3 Å². The van der Waals surface area contributed by atoms with Crippen LogP contribution in [0.2, 0.25) is 5.02 Å². The predicted molar refractivity (Wildman–Crippen MR) is 98.6 cm³/mol. The summed E-state index contributed by atoms with van der Waals surface area (Å²) in [5.41, 5.74) is 2.75. The van der Waals surface area contributed by atoms with Gasteiger partial charge >= 0.3 is 0 Å². The molecule has 26 heavy (non-hydrogen) atoms. The lowest BCUT2D eigenvalue weighted by Gasteiger charge is -2.24. The van der Waals surface area contributed by atoms with Gasteiger partial charge in [-0.25, -0.2) is 23.8 Å². The molecule has 0 aromatic heterocycles. The number of hydrogen-bond donors (Lipinski definition) is 3. The van der Waals surface area contributed by atoms with E-state index >= 15 is 0 Å². The maximum absolute atomic E-state index is 14.1. The molecule has 0 aliphatic heterocycles. The molecule has 2 aromatic carbocycles. The van der Waals surface area contributed by atoms with E-state index in [9.17, 15) is 17.6 Å². The van der Waals surface area contributed by atoms with Crippen molar-refractivity contribution in [1.82, 2.24) is 5.43 Å². The number of hydrazine groups is 1. The van der Waals surface area contributed by atoms with Crippen LogP contribution in [0.3, 0.4) is 0 Å². The van der Waals surface area contributed by atoms with E-state index in [2.05, 4.69) is 0 Å². The maximum Gasteiger partial charge on any atom is 0.265 e. The second-order valence-electron chi connectivity index (χ2n) is 6.79. The second kappa shape index (κ2) is 6.96. The first-order chi connectivity index (χ1) is 11.9. The molecular weight excluding hydrogens is 381 g/mol. The zero-order chi connectivity index (χ0) is 19.9. The first-order valence-electron chi connectivity index (χ1n) is 7.54. The Labute approximate surface area is 156 Å². The fraction of sp³-hybridized carbons (Fsp3) is 0.235. The van der Waals surface area contributed by atoms with Crippen LogP contribution >= 0.6 is 11.6 Å². The minimum atomic E-state index is -4.00. The maximum atomic E-state index is 14.1. The Morgan fingerprint density at radius 1 is 1.15 bits per heavy atom. The van der Waals surface area contributed by atoms with Gasteiger partial charge in [-0.1, -0.05) is 38.4 Å². The van der Waals surface area contributed by atoms with Crippen molar-refractivity contribution < 1.29 is 17.6 Å². The van der Waals surface area contributed by atoms with Gasteiger partial charge in [0.25, 0.3) is 5.91 Å². The molecule has 0 aliphatic rings. The average molecular weight is 400 g/mol. The van der Waals surface area contributed by atoms with Crippen LogP contribution in [0.1, 0.15) is 36.7 Å². The molecule has 0 fully saturated rings. The number of amides is 1. The Kier molecular flexibility index (Phi) is 5.44. The van der Waals surface area contributed by atoms with Crippen molar-refractivity contribution in [3.8, 4) is 11.1 Å². The van der Waals surface area contributed by atoms with Gasteiger partial charge in [-0.05, 0) is 46.4 Å². The summed E-state index contributed by atoms with van der Waals surface area (Å²) in [4.78, 5) is 12.0. The van der Waals surface area contributed by atoms with Gasteiger partial charge in [0.1, 0.15) is 5.82 Å². The van der Waals surface area contributed by atoms with Crippen molar-refractivity contribution in [3.05, 3.63) is 52.3 Å². The number of benzene rings is 2. The molecule has 0 saturated heterocycles. The third-order valence-electron chi connectivity index (χ3n) is 3.85. The quantitative estimate of drug-likeness (QED) is 0.418. The Morgan fingerprint density at radius 2 is 1.77 bits per heavy atom. The largest absolute Gasteiger partial charge is 0.290 e. The van der Waals surface area contributed by atoms with Crippen LogP contribution in [0.5, 0.6) is 0 Å². The smallest absolute Gasteiger partial charge is 0.265 e. The summed E-state index contributed by atoms with van der Waals surface area (Å²) in [6.45, 7) is 5.70. The fourth-order valence-electron chi connectivity index (χ4n) is 2.61. The first kappa shape index (κ1) is 20.3. The van der Waals surface area contributed by atoms with Crippen molar-refractivity contribution in [2.45, 2.75) is 31.1 Å². The lowest BCUT2D eigenvalue weighted by molar-refractivity contribution is 0.0954. The van der Waals surface area contributed by atoms with Gasteiger partial charge in [-0.3, -0.25) is 10.2 Å². The third kappa shape index (κ3) is 4.04. The van der Waals surface area contributed by atoms with Crippen LogP contribution < -0.4 is 16.4 Å². The Bertz CT molecular complexity index is 985. The molecule has 9 heteroatoms. The number of nitrogen functional groups attached to an aromatic ring is 1. The molecule has 2 aromatic rings. The van der Waals surface area contributed by atoms with E-state index in [0.717, 1.165) is 12.1 Å². The molecule has 0 saturated carbocycles. The minimum absolute atomic E-state index is 0.0102. The van der Waals surface area contributed by atoms with Crippen molar-refractivity contribution in [3.63, 3.8) is 0 Å². The molecule has 6 nitrogen and oxygen atoms in total. The van der Waals surface area contributed by atoms with Crippen LogP contribution in [0, 0.1) is 5.82 Å². The molecule has 0 spiro atoms. The highest BCUT2D eigenvalue weighted by Crippen LogP contribution is 2.37. The Morgan fingerprint density at radius 3 is 2.27 bits per heavy atom. The summed E-state index contributed by atoms with van der Waals surface area (Å²) in [7, 11) is -4.00.